The van der Waals surface area contributed by atoms with E-state index in [0.717, 1.165) is 12.0 Å². The molecule has 146 valence electrons. The number of benzene rings is 2. The Labute approximate surface area is 161 Å². The molecule has 0 aliphatic carbocycles. The number of hydrogen-bond donors (Lipinski definition) is 1. The number of hydrogen-bond acceptors (Lipinski definition) is 4. The Morgan fingerprint density at radius 2 is 1.74 bits per heavy atom. The number of nitrogens with one attached hydrogen (secondary N) is 1. The minimum Gasteiger partial charge on any atom is -0.382 e. The second kappa shape index (κ2) is 10.1. The molecule has 2 aromatic carbocycles. The molecule has 0 aliphatic heterocycles. The van der Waals surface area contributed by atoms with Gasteiger partial charge in [0.2, 0.25) is 10.0 Å². The maximum atomic E-state index is 12.2. The summed E-state index contributed by atoms with van der Waals surface area (Å²) in [5, 5.41) is 2.83. The lowest BCUT2D eigenvalue weighted by molar-refractivity contribution is 0.0944. The molecule has 0 radical (unpaired) electrons. The molecule has 0 spiro atoms. The van der Waals surface area contributed by atoms with E-state index in [1.54, 1.807) is 24.3 Å². The van der Waals surface area contributed by atoms with Gasteiger partial charge in [-0.25, -0.2) is 8.42 Å². The second-order valence-corrected chi connectivity index (χ2v) is 8.02. The van der Waals surface area contributed by atoms with E-state index < -0.39 is 10.0 Å². The molecule has 2 rings (SSSR count). The molecule has 0 aliphatic rings. The molecule has 7 heteroatoms. The fourth-order valence-electron chi connectivity index (χ4n) is 2.55. The standard InChI is InChI=1S/C20H26N2O4S/c1-3-26-15-7-14-21-20(23)18-10-12-19(13-11-18)22(27(2,24)25)16-17-8-5-4-6-9-17/h4-6,8-13H,3,7,14-16H2,1-2H3,(H,21,23). The lowest BCUT2D eigenvalue weighted by Crippen LogP contribution is -2.29. The van der Waals surface area contributed by atoms with E-state index in [2.05, 4.69) is 5.32 Å². The molecule has 2 aromatic rings. The first-order valence-corrected chi connectivity index (χ1v) is 10.7. The number of rotatable bonds is 10. The molecule has 0 aromatic heterocycles. The molecule has 0 saturated carbocycles. The van der Waals surface area contributed by atoms with E-state index in [1.165, 1.54) is 10.6 Å². The summed E-state index contributed by atoms with van der Waals surface area (Å²) in [7, 11) is -3.45. The van der Waals surface area contributed by atoms with Crippen molar-refractivity contribution in [1.29, 1.82) is 0 Å². The van der Waals surface area contributed by atoms with Crippen LogP contribution in [0.3, 0.4) is 0 Å². The largest absolute Gasteiger partial charge is 0.382 e. The third-order valence-electron chi connectivity index (χ3n) is 3.94. The van der Waals surface area contributed by atoms with Crippen LogP contribution >= 0.6 is 0 Å². The zero-order chi connectivity index (χ0) is 19.7. The van der Waals surface area contributed by atoms with Gasteiger partial charge in [0.05, 0.1) is 18.5 Å². The van der Waals surface area contributed by atoms with Crippen LogP contribution in [-0.2, 0) is 21.3 Å². The van der Waals surface area contributed by atoms with Crippen molar-refractivity contribution in [2.75, 3.05) is 30.3 Å². The average Bonchev–Trinajstić information content (AvgIpc) is 2.66. The van der Waals surface area contributed by atoms with E-state index in [0.29, 0.717) is 31.0 Å². The average molecular weight is 391 g/mol. The van der Waals surface area contributed by atoms with Crippen LogP contribution in [0.2, 0.25) is 0 Å². The van der Waals surface area contributed by atoms with E-state index in [-0.39, 0.29) is 12.5 Å². The number of amides is 1. The van der Waals surface area contributed by atoms with Gasteiger partial charge in [0.1, 0.15) is 0 Å². The van der Waals surface area contributed by atoms with E-state index in [9.17, 15) is 13.2 Å². The Balaban J connectivity index is 2.05. The summed E-state index contributed by atoms with van der Waals surface area (Å²) in [6.45, 7) is 3.97. The van der Waals surface area contributed by atoms with Crippen LogP contribution in [0.15, 0.2) is 54.6 Å². The maximum absolute atomic E-state index is 12.2. The summed E-state index contributed by atoms with van der Waals surface area (Å²) in [6, 6.07) is 16.0. The predicted octanol–water partition coefficient (Wildman–Crippen LogP) is 2.81. The number of carbonyl (C=O) groups is 1. The van der Waals surface area contributed by atoms with Crippen molar-refractivity contribution in [2.24, 2.45) is 0 Å². The van der Waals surface area contributed by atoms with Gasteiger partial charge in [-0.1, -0.05) is 30.3 Å². The van der Waals surface area contributed by atoms with Gasteiger partial charge in [-0.3, -0.25) is 9.10 Å². The normalized spacial score (nSPS) is 11.2. The van der Waals surface area contributed by atoms with Crippen LogP contribution in [-0.4, -0.2) is 40.3 Å². The summed E-state index contributed by atoms with van der Waals surface area (Å²) < 4.78 is 31.0. The van der Waals surface area contributed by atoms with Crippen molar-refractivity contribution in [3.8, 4) is 0 Å². The summed E-state index contributed by atoms with van der Waals surface area (Å²) >= 11 is 0. The molecule has 1 amide bonds. The summed E-state index contributed by atoms with van der Waals surface area (Å²) in [5.74, 6) is -0.188. The molecular weight excluding hydrogens is 364 g/mol. The molecule has 27 heavy (non-hydrogen) atoms. The van der Waals surface area contributed by atoms with Gasteiger partial charge in [0.25, 0.3) is 5.91 Å². The van der Waals surface area contributed by atoms with Gasteiger partial charge in [0.15, 0.2) is 0 Å². The SMILES string of the molecule is CCOCCCNC(=O)c1ccc(N(Cc2ccccc2)S(C)(=O)=O)cc1. The zero-order valence-electron chi connectivity index (χ0n) is 15.7. The van der Waals surface area contributed by atoms with Gasteiger partial charge in [-0.15, -0.1) is 0 Å². The molecule has 6 nitrogen and oxygen atoms in total. The summed E-state index contributed by atoms with van der Waals surface area (Å²) in [6.07, 6.45) is 1.92. The number of sulfonamides is 1. The second-order valence-electron chi connectivity index (χ2n) is 6.11. The van der Waals surface area contributed by atoms with Crippen LogP contribution in [0, 0.1) is 0 Å². The van der Waals surface area contributed by atoms with Gasteiger partial charge in [-0.2, -0.15) is 0 Å². The van der Waals surface area contributed by atoms with Crippen molar-refractivity contribution in [2.45, 2.75) is 19.9 Å². The highest BCUT2D eigenvalue weighted by Crippen LogP contribution is 2.21. The first-order valence-electron chi connectivity index (χ1n) is 8.89. The zero-order valence-corrected chi connectivity index (χ0v) is 16.5. The molecule has 0 heterocycles. The molecule has 0 atom stereocenters. The molecule has 0 saturated heterocycles. The van der Waals surface area contributed by atoms with Gasteiger partial charge in [-0.05, 0) is 43.2 Å². The highest BCUT2D eigenvalue weighted by Gasteiger charge is 2.18. The van der Waals surface area contributed by atoms with Crippen LogP contribution in [0.4, 0.5) is 5.69 Å². The topological polar surface area (TPSA) is 75.7 Å². The fourth-order valence-corrected chi connectivity index (χ4v) is 3.44. The molecule has 0 bridgehead atoms. The molecular formula is C20H26N2O4S. The fraction of sp³-hybridized carbons (Fsp3) is 0.350. The lowest BCUT2D eigenvalue weighted by atomic mass is 10.1. The number of ether oxygens (including phenoxy) is 1. The van der Waals surface area contributed by atoms with Crippen molar-refractivity contribution in [3.05, 3.63) is 65.7 Å². The van der Waals surface area contributed by atoms with Crippen molar-refractivity contribution in [1.82, 2.24) is 5.32 Å². The summed E-state index contributed by atoms with van der Waals surface area (Å²) in [5.41, 5.74) is 1.90. The Morgan fingerprint density at radius 3 is 2.33 bits per heavy atom. The van der Waals surface area contributed by atoms with E-state index in [4.69, 9.17) is 4.74 Å². The first kappa shape index (κ1) is 20.9. The third kappa shape index (κ3) is 6.69. The molecule has 1 N–H and O–H groups in total. The van der Waals surface area contributed by atoms with Gasteiger partial charge in [0, 0.05) is 25.3 Å². The quantitative estimate of drug-likeness (QED) is 0.633. The van der Waals surface area contributed by atoms with Crippen molar-refractivity contribution in [3.63, 3.8) is 0 Å². The Kier molecular flexibility index (Phi) is 7.82. The van der Waals surface area contributed by atoms with Gasteiger partial charge < -0.3 is 10.1 Å². The van der Waals surface area contributed by atoms with E-state index >= 15 is 0 Å². The molecule has 0 fully saturated rings. The summed E-state index contributed by atoms with van der Waals surface area (Å²) in [4.78, 5) is 12.2. The highest BCUT2D eigenvalue weighted by atomic mass is 32.2. The van der Waals surface area contributed by atoms with Crippen molar-refractivity contribution < 1.29 is 17.9 Å². The van der Waals surface area contributed by atoms with E-state index in [1.807, 2.05) is 37.3 Å². The number of nitrogens with zero attached hydrogens (tertiary/aromatic N) is 1. The third-order valence-corrected chi connectivity index (χ3v) is 5.08. The monoisotopic (exact) mass is 390 g/mol. The van der Waals surface area contributed by atoms with Crippen LogP contribution in [0.5, 0.6) is 0 Å². The minimum absolute atomic E-state index is 0.188. The van der Waals surface area contributed by atoms with Crippen molar-refractivity contribution >= 4 is 21.6 Å². The predicted molar refractivity (Wildman–Crippen MR) is 107 cm³/mol. The minimum atomic E-state index is -3.45. The molecule has 0 unspecified atom stereocenters. The van der Waals surface area contributed by atoms with Crippen LogP contribution in [0.1, 0.15) is 29.3 Å². The smallest absolute Gasteiger partial charge is 0.251 e. The first-order chi connectivity index (χ1) is 12.9. The number of carbonyl (C=O) groups excluding carboxylic acids is 1. The Hall–Kier alpha value is -2.38. The lowest BCUT2D eigenvalue weighted by Gasteiger charge is -2.22. The maximum Gasteiger partial charge on any atom is 0.251 e. The number of anilines is 1. The highest BCUT2D eigenvalue weighted by molar-refractivity contribution is 7.92. The van der Waals surface area contributed by atoms with Crippen LogP contribution < -0.4 is 9.62 Å². The Bertz CT molecular complexity index is 821. The van der Waals surface area contributed by atoms with Gasteiger partial charge >= 0.3 is 0 Å². The Morgan fingerprint density at radius 1 is 1.07 bits per heavy atom. The van der Waals surface area contributed by atoms with Crippen LogP contribution in [0.25, 0.3) is 0 Å².